The summed E-state index contributed by atoms with van der Waals surface area (Å²) < 4.78 is 2.19. The van der Waals surface area contributed by atoms with Gasteiger partial charge < -0.3 is 0 Å². The Morgan fingerprint density at radius 2 is 1.63 bits per heavy atom. The van der Waals surface area contributed by atoms with E-state index in [4.69, 9.17) is 0 Å². The molecular weight excluding hydrogens is 232 g/mol. The van der Waals surface area contributed by atoms with Crippen LogP contribution < -0.4 is 4.90 Å². The predicted molar refractivity (Wildman–Crippen MR) is 80.4 cm³/mol. The molecule has 0 N–H and O–H groups in total. The van der Waals surface area contributed by atoms with Crippen molar-refractivity contribution in [3.05, 3.63) is 59.2 Å². The van der Waals surface area contributed by atoms with Crippen molar-refractivity contribution in [2.24, 2.45) is 0 Å². The zero-order valence-electron chi connectivity index (χ0n) is 11.7. The highest BCUT2D eigenvalue weighted by atomic mass is 15.2. The lowest BCUT2D eigenvalue weighted by Crippen LogP contribution is -2.29. The van der Waals surface area contributed by atoms with Crippen LogP contribution in [0.1, 0.15) is 16.7 Å². The SMILES string of the molecule is Cc1ccc(N2C=[N+](C)c3ccc(C)cc3C2)cc1. The van der Waals surface area contributed by atoms with E-state index in [2.05, 4.69) is 79.2 Å². The summed E-state index contributed by atoms with van der Waals surface area (Å²) in [5, 5.41) is 0. The second kappa shape index (κ2) is 4.54. The van der Waals surface area contributed by atoms with Crippen LogP contribution in [0.25, 0.3) is 0 Å². The summed E-state index contributed by atoms with van der Waals surface area (Å²) in [4.78, 5) is 2.29. The molecule has 2 aromatic rings. The highest BCUT2D eigenvalue weighted by molar-refractivity contribution is 5.78. The minimum Gasteiger partial charge on any atom is -0.236 e. The minimum atomic E-state index is 0.935. The Bertz CT molecular complexity index is 639. The molecule has 2 heteroatoms. The Balaban J connectivity index is 2.00. The minimum absolute atomic E-state index is 0.935. The van der Waals surface area contributed by atoms with Crippen LogP contribution in [0.2, 0.25) is 0 Å². The largest absolute Gasteiger partial charge is 0.244 e. The lowest BCUT2D eigenvalue weighted by molar-refractivity contribution is -0.403. The van der Waals surface area contributed by atoms with Crippen molar-refractivity contribution < 1.29 is 4.58 Å². The third kappa shape index (κ3) is 2.26. The van der Waals surface area contributed by atoms with Gasteiger partial charge in [-0.05, 0) is 38.1 Å². The first-order valence-corrected chi connectivity index (χ1v) is 6.64. The topological polar surface area (TPSA) is 6.25 Å². The van der Waals surface area contributed by atoms with Crippen LogP contribution in [0.3, 0.4) is 0 Å². The number of rotatable bonds is 1. The second-order valence-electron chi connectivity index (χ2n) is 5.32. The molecular formula is C17H19N2+. The van der Waals surface area contributed by atoms with Gasteiger partial charge in [0.1, 0.15) is 17.9 Å². The first-order chi connectivity index (χ1) is 9.13. The van der Waals surface area contributed by atoms with Gasteiger partial charge in [0.15, 0.2) is 0 Å². The molecule has 1 aliphatic heterocycles. The Labute approximate surface area is 114 Å². The Morgan fingerprint density at radius 3 is 2.37 bits per heavy atom. The molecule has 2 aromatic carbocycles. The molecule has 3 rings (SSSR count). The van der Waals surface area contributed by atoms with Crippen LogP contribution in [0, 0.1) is 13.8 Å². The van der Waals surface area contributed by atoms with Crippen LogP contribution in [-0.4, -0.2) is 18.0 Å². The maximum absolute atomic E-state index is 2.29. The van der Waals surface area contributed by atoms with Gasteiger partial charge in [0.05, 0.1) is 7.05 Å². The van der Waals surface area contributed by atoms with Crippen molar-refractivity contribution in [3.63, 3.8) is 0 Å². The van der Waals surface area contributed by atoms with Crippen LogP contribution in [-0.2, 0) is 6.54 Å². The van der Waals surface area contributed by atoms with E-state index in [1.807, 2.05) is 0 Å². The molecule has 0 aliphatic carbocycles. The summed E-state index contributed by atoms with van der Waals surface area (Å²) in [5.41, 5.74) is 6.53. The highest BCUT2D eigenvalue weighted by Crippen LogP contribution is 2.27. The molecule has 1 aliphatic rings. The van der Waals surface area contributed by atoms with Gasteiger partial charge in [-0.2, -0.15) is 0 Å². The summed E-state index contributed by atoms with van der Waals surface area (Å²) in [6.45, 7) is 5.20. The molecule has 2 nitrogen and oxygen atoms in total. The molecule has 0 atom stereocenters. The highest BCUT2D eigenvalue weighted by Gasteiger charge is 2.22. The first kappa shape index (κ1) is 12.0. The summed E-state index contributed by atoms with van der Waals surface area (Å²) in [7, 11) is 2.11. The summed E-state index contributed by atoms with van der Waals surface area (Å²) in [6.07, 6.45) is 2.17. The van der Waals surface area contributed by atoms with E-state index in [1.54, 1.807) is 0 Å². The number of aryl methyl sites for hydroxylation is 2. The standard InChI is InChI=1S/C17H19N2/c1-13-4-7-16(8-5-13)19-11-15-10-14(2)6-9-17(15)18(3)12-19/h4-10,12H,11H2,1-3H3/q+1. The van der Waals surface area contributed by atoms with Gasteiger partial charge >= 0.3 is 0 Å². The van der Waals surface area contributed by atoms with Crippen molar-refractivity contribution in [1.82, 2.24) is 0 Å². The number of fused-ring (bicyclic) bond motifs is 1. The van der Waals surface area contributed by atoms with E-state index in [0.29, 0.717) is 0 Å². The molecule has 0 saturated carbocycles. The van der Waals surface area contributed by atoms with Crippen molar-refractivity contribution in [2.75, 3.05) is 11.9 Å². The fraction of sp³-hybridized carbons (Fsp3) is 0.235. The van der Waals surface area contributed by atoms with E-state index in [9.17, 15) is 0 Å². The molecule has 19 heavy (non-hydrogen) atoms. The summed E-state index contributed by atoms with van der Waals surface area (Å²) in [5.74, 6) is 0. The van der Waals surface area contributed by atoms with Crippen LogP contribution in [0.15, 0.2) is 42.5 Å². The van der Waals surface area contributed by atoms with Crippen LogP contribution >= 0.6 is 0 Å². The van der Waals surface area contributed by atoms with Gasteiger partial charge in [-0.1, -0.05) is 29.3 Å². The maximum Gasteiger partial charge on any atom is 0.244 e. The second-order valence-corrected chi connectivity index (χ2v) is 5.32. The molecule has 96 valence electrons. The number of nitrogens with zero attached hydrogens (tertiary/aromatic N) is 2. The number of hydrogen-bond donors (Lipinski definition) is 0. The average molecular weight is 251 g/mol. The fourth-order valence-corrected chi connectivity index (χ4v) is 2.57. The van der Waals surface area contributed by atoms with Crippen LogP contribution in [0.5, 0.6) is 0 Å². The number of hydrogen-bond acceptors (Lipinski definition) is 1. The zero-order valence-corrected chi connectivity index (χ0v) is 11.7. The van der Waals surface area contributed by atoms with Gasteiger partial charge in [0.2, 0.25) is 6.34 Å². The van der Waals surface area contributed by atoms with Gasteiger partial charge in [0.25, 0.3) is 0 Å². The Morgan fingerprint density at radius 1 is 0.947 bits per heavy atom. The molecule has 1 heterocycles. The zero-order chi connectivity index (χ0) is 13.4. The van der Waals surface area contributed by atoms with E-state index in [1.165, 1.54) is 28.1 Å². The third-order valence-electron chi connectivity index (χ3n) is 3.63. The van der Waals surface area contributed by atoms with Gasteiger partial charge in [0, 0.05) is 5.56 Å². The predicted octanol–water partition coefficient (Wildman–Crippen LogP) is 3.63. The Hall–Kier alpha value is -2.09. The molecule has 0 radical (unpaired) electrons. The molecule has 0 bridgehead atoms. The average Bonchev–Trinajstić information content (AvgIpc) is 2.38. The fourth-order valence-electron chi connectivity index (χ4n) is 2.57. The van der Waals surface area contributed by atoms with Crippen LogP contribution in [0.4, 0.5) is 11.4 Å². The molecule has 0 unspecified atom stereocenters. The summed E-state index contributed by atoms with van der Waals surface area (Å²) in [6, 6.07) is 15.3. The van der Waals surface area contributed by atoms with E-state index in [-0.39, 0.29) is 0 Å². The Kier molecular flexibility index (Phi) is 2.86. The van der Waals surface area contributed by atoms with Crippen molar-refractivity contribution >= 4 is 17.7 Å². The smallest absolute Gasteiger partial charge is 0.236 e. The molecule has 0 spiro atoms. The van der Waals surface area contributed by atoms with Crippen molar-refractivity contribution in [3.8, 4) is 0 Å². The lowest BCUT2D eigenvalue weighted by atomic mass is 10.1. The van der Waals surface area contributed by atoms with Gasteiger partial charge in [-0.15, -0.1) is 0 Å². The molecule has 0 fully saturated rings. The molecule has 0 amide bonds. The molecule has 0 saturated heterocycles. The van der Waals surface area contributed by atoms with Gasteiger partial charge in [-0.25, -0.2) is 9.48 Å². The normalized spacial score (nSPS) is 14.1. The first-order valence-electron chi connectivity index (χ1n) is 6.64. The van der Waals surface area contributed by atoms with E-state index in [0.717, 1.165) is 6.54 Å². The number of benzene rings is 2. The quantitative estimate of drug-likeness (QED) is 0.702. The van der Waals surface area contributed by atoms with Gasteiger partial charge in [-0.3, -0.25) is 0 Å². The van der Waals surface area contributed by atoms with Crippen molar-refractivity contribution in [1.29, 1.82) is 0 Å². The van der Waals surface area contributed by atoms with Crippen molar-refractivity contribution in [2.45, 2.75) is 20.4 Å². The van der Waals surface area contributed by atoms with E-state index < -0.39 is 0 Å². The third-order valence-corrected chi connectivity index (χ3v) is 3.63. The monoisotopic (exact) mass is 251 g/mol. The van der Waals surface area contributed by atoms with E-state index >= 15 is 0 Å². The maximum atomic E-state index is 2.29. The number of anilines is 1. The lowest BCUT2D eigenvalue weighted by Gasteiger charge is -2.21. The molecule has 0 aromatic heterocycles. The summed E-state index contributed by atoms with van der Waals surface area (Å²) >= 11 is 0.